The zero-order chi connectivity index (χ0) is 16.8. The maximum absolute atomic E-state index is 5.64. The summed E-state index contributed by atoms with van der Waals surface area (Å²) in [5.41, 5.74) is 3.79. The van der Waals surface area contributed by atoms with E-state index in [1.54, 1.807) is 6.33 Å². The molecule has 2 heterocycles. The molecule has 0 bridgehead atoms. The van der Waals surface area contributed by atoms with E-state index in [9.17, 15) is 0 Å². The van der Waals surface area contributed by atoms with Gasteiger partial charge < -0.3 is 15.4 Å². The zero-order valence-electron chi connectivity index (χ0n) is 14.5. The summed E-state index contributed by atoms with van der Waals surface area (Å²) in [7, 11) is 0. The van der Waals surface area contributed by atoms with Crippen molar-refractivity contribution in [3.8, 4) is 0 Å². The molecule has 1 aliphatic rings. The highest BCUT2D eigenvalue weighted by atomic mass is 16.5. The van der Waals surface area contributed by atoms with Crippen LogP contribution in [0.15, 0.2) is 30.6 Å². The summed E-state index contributed by atoms with van der Waals surface area (Å²) >= 11 is 0. The number of nitrogens with zero attached hydrogens (tertiary/aromatic N) is 2. The van der Waals surface area contributed by atoms with Crippen LogP contribution in [0.2, 0.25) is 0 Å². The summed E-state index contributed by atoms with van der Waals surface area (Å²) in [5, 5.41) is 6.84. The number of hydrogen-bond acceptors (Lipinski definition) is 5. The van der Waals surface area contributed by atoms with E-state index in [1.807, 2.05) is 6.07 Å². The molecule has 0 amide bonds. The molecule has 2 aromatic rings. The number of para-hydroxylation sites is 1. The number of aromatic nitrogens is 2. The average Bonchev–Trinajstić information content (AvgIpc) is 3.14. The van der Waals surface area contributed by atoms with Crippen molar-refractivity contribution in [2.24, 2.45) is 0 Å². The minimum absolute atomic E-state index is 0.295. The van der Waals surface area contributed by atoms with Crippen molar-refractivity contribution in [2.75, 3.05) is 23.8 Å². The van der Waals surface area contributed by atoms with Crippen molar-refractivity contribution in [1.29, 1.82) is 0 Å². The van der Waals surface area contributed by atoms with Gasteiger partial charge in [0, 0.05) is 24.9 Å². The van der Waals surface area contributed by atoms with E-state index in [4.69, 9.17) is 4.74 Å². The molecule has 0 spiro atoms. The maximum atomic E-state index is 5.64. The first-order chi connectivity index (χ1) is 11.8. The number of rotatable bonds is 7. The van der Waals surface area contributed by atoms with E-state index >= 15 is 0 Å². The van der Waals surface area contributed by atoms with Gasteiger partial charge in [0.25, 0.3) is 0 Å². The largest absolute Gasteiger partial charge is 0.376 e. The number of nitrogens with one attached hydrogen (secondary N) is 2. The summed E-state index contributed by atoms with van der Waals surface area (Å²) in [4.78, 5) is 8.68. The van der Waals surface area contributed by atoms with Crippen LogP contribution in [-0.4, -0.2) is 29.2 Å². The molecule has 24 heavy (non-hydrogen) atoms. The molecule has 128 valence electrons. The van der Waals surface area contributed by atoms with Crippen molar-refractivity contribution >= 4 is 17.3 Å². The number of anilines is 3. The van der Waals surface area contributed by atoms with Gasteiger partial charge in [0.15, 0.2) is 0 Å². The first-order valence-electron chi connectivity index (χ1n) is 8.85. The molecule has 3 rings (SSSR count). The lowest BCUT2D eigenvalue weighted by Gasteiger charge is -2.16. The Morgan fingerprint density at radius 3 is 2.54 bits per heavy atom. The quantitative estimate of drug-likeness (QED) is 0.807. The summed E-state index contributed by atoms with van der Waals surface area (Å²) in [5.74, 6) is 1.64. The molecule has 1 aliphatic heterocycles. The van der Waals surface area contributed by atoms with Gasteiger partial charge in [-0.2, -0.15) is 0 Å². The summed E-state index contributed by atoms with van der Waals surface area (Å²) < 4.78 is 5.64. The fourth-order valence-electron chi connectivity index (χ4n) is 3.08. The van der Waals surface area contributed by atoms with Crippen LogP contribution in [0.25, 0.3) is 0 Å². The smallest absolute Gasteiger partial charge is 0.135 e. The Balaban J connectivity index is 1.72. The van der Waals surface area contributed by atoms with E-state index in [-0.39, 0.29) is 0 Å². The molecular formula is C19H26N4O. The lowest BCUT2D eigenvalue weighted by Crippen LogP contribution is -2.19. The van der Waals surface area contributed by atoms with Gasteiger partial charge in [0.05, 0.1) is 6.10 Å². The van der Waals surface area contributed by atoms with Gasteiger partial charge in [-0.05, 0) is 36.8 Å². The second-order valence-electron chi connectivity index (χ2n) is 6.09. The van der Waals surface area contributed by atoms with Crippen molar-refractivity contribution in [1.82, 2.24) is 9.97 Å². The third-order valence-electron chi connectivity index (χ3n) is 4.45. The van der Waals surface area contributed by atoms with E-state index < -0.39 is 0 Å². The highest BCUT2D eigenvalue weighted by molar-refractivity contribution is 5.66. The number of aryl methyl sites for hydroxylation is 2. The second kappa shape index (κ2) is 8.11. The lowest BCUT2D eigenvalue weighted by molar-refractivity contribution is 0.120. The first kappa shape index (κ1) is 16.7. The van der Waals surface area contributed by atoms with Gasteiger partial charge in [-0.3, -0.25) is 0 Å². The normalized spacial score (nSPS) is 17.0. The van der Waals surface area contributed by atoms with Gasteiger partial charge in [-0.1, -0.05) is 32.0 Å². The third-order valence-corrected chi connectivity index (χ3v) is 4.45. The fourth-order valence-corrected chi connectivity index (χ4v) is 3.08. The predicted molar refractivity (Wildman–Crippen MR) is 98.0 cm³/mol. The summed E-state index contributed by atoms with van der Waals surface area (Å²) in [6.07, 6.45) is 6.14. The SMILES string of the molecule is CCc1cccc(CC)c1Nc1cc(NCC2CCCO2)ncn1. The van der Waals surface area contributed by atoms with Crippen molar-refractivity contribution in [2.45, 2.75) is 45.6 Å². The van der Waals surface area contributed by atoms with Crippen LogP contribution in [0.3, 0.4) is 0 Å². The number of benzene rings is 1. The van der Waals surface area contributed by atoms with Crippen molar-refractivity contribution < 1.29 is 4.74 Å². The van der Waals surface area contributed by atoms with E-state index in [0.717, 1.165) is 50.5 Å². The fraction of sp³-hybridized carbons (Fsp3) is 0.474. The molecule has 1 unspecified atom stereocenters. The van der Waals surface area contributed by atoms with Gasteiger partial charge in [0.2, 0.25) is 0 Å². The van der Waals surface area contributed by atoms with Gasteiger partial charge in [-0.25, -0.2) is 9.97 Å². The van der Waals surface area contributed by atoms with Crippen LogP contribution in [0, 0.1) is 0 Å². The Kier molecular flexibility index (Phi) is 5.64. The van der Waals surface area contributed by atoms with Gasteiger partial charge in [0.1, 0.15) is 18.0 Å². The minimum atomic E-state index is 0.295. The monoisotopic (exact) mass is 326 g/mol. The van der Waals surface area contributed by atoms with Crippen LogP contribution in [0.4, 0.5) is 17.3 Å². The minimum Gasteiger partial charge on any atom is -0.376 e. The van der Waals surface area contributed by atoms with E-state index in [1.165, 1.54) is 16.8 Å². The summed E-state index contributed by atoms with van der Waals surface area (Å²) in [6, 6.07) is 8.41. The van der Waals surface area contributed by atoms with Crippen LogP contribution < -0.4 is 10.6 Å². The van der Waals surface area contributed by atoms with Crippen LogP contribution in [-0.2, 0) is 17.6 Å². The lowest BCUT2D eigenvalue weighted by atomic mass is 10.0. The van der Waals surface area contributed by atoms with Crippen LogP contribution >= 0.6 is 0 Å². The second-order valence-corrected chi connectivity index (χ2v) is 6.09. The molecule has 5 heteroatoms. The third kappa shape index (κ3) is 4.03. The Bertz CT molecular complexity index is 646. The zero-order valence-corrected chi connectivity index (χ0v) is 14.5. The molecule has 1 aromatic carbocycles. The highest BCUT2D eigenvalue weighted by Crippen LogP contribution is 2.26. The molecule has 0 aliphatic carbocycles. The van der Waals surface area contributed by atoms with Crippen LogP contribution in [0.1, 0.15) is 37.8 Å². The molecule has 1 aromatic heterocycles. The predicted octanol–water partition coefficient (Wildman–Crippen LogP) is 3.94. The molecule has 0 saturated carbocycles. The van der Waals surface area contributed by atoms with E-state index in [0.29, 0.717) is 6.10 Å². The molecule has 0 radical (unpaired) electrons. The van der Waals surface area contributed by atoms with Crippen molar-refractivity contribution in [3.63, 3.8) is 0 Å². The highest BCUT2D eigenvalue weighted by Gasteiger charge is 2.15. The van der Waals surface area contributed by atoms with Gasteiger partial charge >= 0.3 is 0 Å². The number of ether oxygens (including phenoxy) is 1. The molecule has 5 nitrogen and oxygen atoms in total. The molecule has 2 N–H and O–H groups in total. The standard InChI is InChI=1S/C19H26N4O/c1-3-14-7-5-8-15(4-2)19(14)23-18-11-17(21-13-22-18)20-12-16-9-6-10-24-16/h5,7-8,11,13,16H,3-4,6,9-10,12H2,1-2H3,(H2,20,21,22,23). The molecular weight excluding hydrogens is 300 g/mol. The van der Waals surface area contributed by atoms with Gasteiger partial charge in [-0.15, -0.1) is 0 Å². The first-order valence-corrected chi connectivity index (χ1v) is 8.85. The van der Waals surface area contributed by atoms with Crippen molar-refractivity contribution in [3.05, 3.63) is 41.7 Å². The Morgan fingerprint density at radius 1 is 1.12 bits per heavy atom. The molecule has 1 atom stereocenters. The van der Waals surface area contributed by atoms with Crippen LogP contribution in [0.5, 0.6) is 0 Å². The average molecular weight is 326 g/mol. The Labute approximate surface area is 143 Å². The summed E-state index contributed by atoms with van der Waals surface area (Å²) in [6.45, 7) is 6.02. The van der Waals surface area contributed by atoms with E-state index in [2.05, 4.69) is 52.6 Å². The molecule has 1 saturated heterocycles. The molecule has 1 fully saturated rings. The Hall–Kier alpha value is -2.14. The number of hydrogen-bond donors (Lipinski definition) is 2. The maximum Gasteiger partial charge on any atom is 0.135 e. The topological polar surface area (TPSA) is 59.1 Å². The Morgan fingerprint density at radius 2 is 1.88 bits per heavy atom.